The number of benzene rings is 2. The molecule has 0 spiro atoms. The number of nitriles is 1. The fourth-order valence-corrected chi connectivity index (χ4v) is 2.77. The molecule has 0 amide bonds. The summed E-state index contributed by atoms with van der Waals surface area (Å²) in [5.74, 6) is 10.3. The predicted octanol–water partition coefficient (Wildman–Crippen LogP) is 5.31. The standard InChI is InChI=1S/C16H11ClN2O.C10H10O/c1-11-7-14(20-2)6-5-13(11)4-3-12-8-15(17)16(9-18)19-10-12;1-4-9-5-6-10(11-3)7-8(9)2/h5-8,10H,1-2H3;1,5-7H,2-3H3. The second-order valence-corrected chi connectivity index (χ2v) is 6.83. The van der Waals surface area contributed by atoms with Gasteiger partial charge >= 0.3 is 0 Å². The molecule has 3 aromatic rings. The summed E-state index contributed by atoms with van der Waals surface area (Å²) in [4.78, 5) is 3.94. The molecule has 5 heteroatoms. The Balaban J connectivity index is 0.000000262. The molecule has 0 saturated carbocycles. The van der Waals surface area contributed by atoms with E-state index >= 15 is 0 Å². The Morgan fingerprint density at radius 2 is 1.48 bits per heavy atom. The minimum Gasteiger partial charge on any atom is -0.497 e. The molecule has 0 unspecified atom stereocenters. The first kappa shape index (κ1) is 23.4. The van der Waals surface area contributed by atoms with Crippen LogP contribution in [0.25, 0.3) is 0 Å². The molecule has 4 nitrogen and oxygen atoms in total. The highest BCUT2D eigenvalue weighted by Crippen LogP contribution is 2.17. The van der Waals surface area contributed by atoms with Gasteiger partial charge in [-0.2, -0.15) is 5.26 Å². The lowest BCUT2D eigenvalue weighted by atomic mass is 10.1. The predicted molar refractivity (Wildman–Crippen MR) is 123 cm³/mol. The van der Waals surface area contributed by atoms with Gasteiger partial charge in [-0.15, -0.1) is 6.42 Å². The van der Waals surface area contributed by atoms with Crippen molar-refractivity contribution in [1.29, 1.82) is 5.26 Å². The van der Waals surface area contributed by atoms with Crippen LogP contribution in [0.5, 0.6) is 11.5 Å². The largest absolute Gasteiger partial charge is 0.497 e. The van der Waals surface area contributed by atoms with Crippen LogP contribution >= 0.6 is 11.6 Å². The van der Waals surface area contributed by atoms with Crippen molar-refractivity contribution in [2.24, 2.45) is 0 Å². The van der Waals surface area contributed by atoms with Gasteiger partial charge in [0, 0.05) is 22.9 Å². The van der Waals surface area contributed by atoms with Crippen LogP contribution in [0.2, 0.25) is 5.02 Å². The zero-order valence-electron chi connectivity index (χ0n) is 17.8. The Morgan fingerprint density at radius 1 is 0.903 bits per heavy atom. The van der Waals surface area contributed by atoms with E-state index < -0.39 is 0 Å². The van der Waals surface area contributed by atoms with E-state index in [2.05, 4.69) is 22.7 Å². The zero-order chi connectivity index (χ0) is 22.8. The lowest BCUT2D eigenvalue weighted by molar-refractivity contribution is 0.414. The van der Waals surface area contributed by atoms with E-state index in [0.717, 1.165) is 33.8 Å². The Hall–Kier alpha value is -3.91. The number of nitrogens with zero attached hydrogens (tertiary/aromatic N) is 2. The highest BCUT2D eigenvalue weighted by molar-refractivity contribution is 6.31. The normalized spacial score (nSPS) is 9.13. The van der Waals surface area contributed by atoms with Gasteiger partial charge in [-0.25, -0.2) is 4.98 Å². The molecule has 31 heavy (non-hydrogen) atoms. The average molecular weight is 429 g/mol. The molecule has 2 aromatic carbocycles. The molecule has 0 radical (unpaired) electrons. The Morgan fingerprint density at radius 3 is 1.94 bits per heavy atom. The average Bonchev–Trinajstić information content (AvgIpc) is 2.78. The maximum Gasteiger partial charge on any atom is 0.159 e. The quantitative estimate of drug-likeness (QED) is 0.519. The number of aromatic nitrogens is 1. The molecule has 0 fully saturated rings. The summed E-state index contributed by atoms with van der Waals surface area (Å²) in [5.41, 5.74) is 4.82. The van der Waals surface area contributed by atoms with Crippen molar-refractivity contribution in [3.8, 4) is 41.8 Å². The number of methoxy groups -OCH3 is 2. The summed E-state index contributed by atoms with van der Waals surface area (Å²) in [6, 6.07) is 14.9. The monoisotopic (exact) mass is 428 g/mol. The molecule has 3 rings (SSSR count). The van der Waals surface area contributed by atoms with Crippen LogP contribution in [0.3, 0.4) is 0 Å². The van der Waals surface area contributed by atoms with Crippen molar-refractivity contribution in [3.63, 3.8) is 0 Å². The summed E-state index contributed by atoms with van der Waals surface area (Å²) in [6.07, 6.45) is 6.79. The molecule has 1 heterocycles. The third-order valence-corrected chi connectivity index (χ3v) is 4.60. The molecule has 0 aliphatic carbocycles. The molecule has 1 aromatic heterocycles. The highest BCUT2D eigenvalue weighted by Gasteiger charge is 2.01. The van der Waals surface area contributed by atoms with Crippen molar-refractivity contribution in [2.75, 3.05) is 14.2 Å². The lowest BCUT2D eigenvalue weighted by Gasteiger charge is -2.02. The summed E-state index contributed by atoms with van der Waals surface area (Å²) < 4.78 is 10.2. The maximum atomic E-state index is 8.76. The van der Waals surface area contributed by atoms with Crippen LogP contribution < -0.4 is 9.47 Å². The van der Waals surface area contributed by atoms with Crippen LogP contribution in [0, 0.1) is 49.4 Å². The van der Waals surface area contributed by atoms with Gasteiger partial charge in [-0.1, -0.05) is 29.4 Å². The van der Waals surface area contributed by atoms with Crippen molar-refractivity contribution in [2.45, 2.75) is 13.8 Å². The van der Waals surface area contributed by atoms with E-state index in [4.69, 9.17) is 32.8 Å². The Labute approximate surface area is 188 Å². The first-order chi connectivity index (χ1) is 14.9. The van der Waals surface area contributed by atoms with Gasteiger partial charge < -0.3 is 9.47 Å². The van der Waals surface area contributed by atoms with E-state index in [1.54, 1.807) is 20.3 Å². The van der Waals surface area contributed by atoms with Crippen molar-refractivity contribution in [3.05, 3.63) is 87.2 Å². The van der Waals surface area contributed by atoms with Gasteiger partial charge in [0.15, 0.2) is 5.69 Å². The van der Waals surface area contributed by atoms with Crippen LogP contribution in [0.1, 0.15) is 33.5 Å². The third-order valence-electron chi connectivity index (χ3n) is 4.31. The smallest absolute Gasteiger partial charge is 0.159 e. The molecule has 154 valence electrons. The number of aryl methyl sites for hydroxylation is 2. The lowest BCUT2D eigenvalue weighted by Crippen LogP contribution is -1.88. The second kappa shape index (κ2) is 11.3. The van der Waals surface area contributed by atoms with Gasteiger partial charge in [0.05, 0.1) is 19.2 Å². The van der Waals surface area contributed by atoms with E-state index in [9.17, 15) is 0 Å². The summed E-state index contributed by atoms with van der Waals surface area (Å²) in [6.45, 7) is 3.94. The topological polar surface area (TPSA) is 55.1 Å². The molecule has 0 atom stereocenters. The first-order valence-electron chi connectivity index (χ1n) is 9.25. The van der Waals surface area contributed by atoms with Gasteiger partial charge in [-0.3, -0.25) is 0 Å². The first-order valence-corrected chi connectivity index (χ1v) is 9.63. The zero-order valence-corrected chi connectivity index (χ0v) is 18.5. The van der Waals surface area contributed by atoms with Gasteiger partial charge in [0.2, 0.25) is 0 Å². The second-order valence-electron chi connectivity index (χ2n) is 6.42. The third kappa shape index (κ3) is 6.55. The van der Waals surface area contributed by atoms with Crippen molar-refractivity contribution >= 4 is 11.6 Å². The van der Waals surface area contributed by atoms with Crippen LogP contribution in [0.4, 0.5) is 0 Å². The number of halogens is 1. The van der Waals surface area contributed by atoms with E-state index in [-0.39, 0.29) is 5.69 Å². The van der Waals surface area contributed by atoms with E-state index in [1.807, 2.05) is 56.3 Å². The molecule has 0 N–H and O–H groups in total. The fraction of sp³-hybridized carbons (Fsp3) is 0.154. The van der Waals surface area contributed by atoms with E-state index in [1.165, 1.54) is 6.20 Å². The summed E-state index contributed by atoms with van der Waals surface area (Å²) in [5, 5.41) is 9.07. The molecule has 0 aliphatic rings. The molecule has 0 aliphatic heterocycles. The SMILES string of the molecule is C#Cc1ccc(OC)cc1C.COc1ccc(C#Cc2cnc(C#N)c(Cl)c2)c(C)c1. The van der Waals surface area contributed by atoms with E-state index in [0.29, 0.717) is 10.6 Å². The molecule has 0 saturated heterocycles. The molecular formula is C26H21ClN2O2. The minimum absolute atomic E-state index is 0.206. The maximum absolute atomic E-state index is 8.76. The van der Waals surface area contributed by atoms with Crippen molar-refractivity contribution in [1.82, 2.24) is 4.98 Å². The van der Waals surface area contributed by atoms with Crippen LogP contribution in [-0.2, 0) is 0 Å². The van der Waals surface area contributed by atoms with Gasteiger partial charge in [0.25, 0.3) is 0 Å². The summed E-state index contributed by atoms with van der Waals surface area (Å²) >= 11 is 5.91. The Bertz CT molecular complexity index is 1220. The minimum atomic E-state index is 0.206. The van der Waals surface area contributed by atoms with Gasteiger partial charge in [0.1, 0.15) is 17.6 Å². The molecular weight excluding hydrogens is 408 g/mol. The van der Waals surface area contributed by atoms with Crippen LogP contribution in [0.15, 0.2) is 48.7 Å². The van der Waals surface area contributed by atoms with Gasteiger partial charge in [-0.05, 0) is 67.4 Å². The number of ether oxygens (including phenoxy) is 2. The Kier molecular flexibility index (Phi) is 8.53. The fourth-order valence-electron chi connectivity index (χ4n) is 2.56. The van der Waals surface area contributed by atoms with Crippen LogP contribution in [-0.4, -0.2) is 19.2 Å². The number of terminal acetylenes is 1. The highest BCUT2D eigenvalue weighted by atomic mass is 35.5. The number of hydrogen-bond acceptors (Lipinski definition) is 4. The van der Waals surface area contributed by atoms with Crippen molar-refractivity contribution < 1.29 is 9.47 Å². The molecule has 0 bridgehead atoms. The number of hydrogen-bond donors (Lipinski definition) is 0. The summed E-state index contributed by atoms with van der Waals surface area (Å²) in [7, 11) is 3.27. The number of rotatable bonds is 2. The number of pyridine rings is 1.